The first-order chi connectivity index (χ1) is 7.46. The van der Waals surface area contributed by atoms with Crippen molar-refractivity contribution in [1.29, 1.82) is 0 Å². The van der Waals surface area contributed by atoms with Crippen molar-refractivity contribution in [3.8, 4) is 5.75 Å². The molecule has 3 nitrogen and oxygen atoms in total. The van der Waals surface area contributed by atoms with Crippen LogP contribution in [-0.2, 0) is 0 Å². The van der Waals surface area contributed by atoms with Crippen LogP contribution in [0.4, 0.5) is 13.2 Å². The summed E-state index contributed by atoms with van der Waals surface area (Å²) in [4.78, 5) is 0. The molecule has 0 aliphatic heterocycles. The molecule has 1 aromatic carbocycles. The molecule has 1 rings (SSSR count). The second-order valence-electron chi connectivity index (χ2n) is 3.20. The summed E-state index contributed by atoms with van der Waals surface area (Å²) in [5.74, 6) is -0.237. The van der Waals surface area contributed by atoms with Crippen LogP contribution in [-0.4, -0.2) is 20.0 Å². The fourth-order valence-electron chi connectivity index (χ4n) is 1.35. The standard InChI is InChI=1S/C10H13F3N2O/c1-15-9(6-14)7-3-2-4-8(5-7)16-10(11,12)13/h2-5,9,15H,6,14H2,1H3. The highest BCUT2D eigenvalue weighted by Gasteiger charge is 2.31. The van der Waals surface area contributed by atoms with Gasteiger partial charge in [0.05, 0.1) is 0 Å². The summed E-state index contributed by atoms with van der Waals surface area (Å²) in [5.41, 5.74) is 6.13. The highest BCUT2D eigenvalue weighted by Crippen LogP contribution is 2.25. The molecule has 0 saturated carbocycles. The summed E-state index contributed by atoms with van der Waals surface area (Å²) >= 11 is 0. The van der Waals surface area contributed by atoms with Crippen molar-refractivity contribution in [3.05, 3.63) is 29.8 Å². The average Bonchev–Trinajstić information content (AvgIpc) is 2.17. The van der Waals surface area contributed by atoms with Gasteiger partial charge >= 0.3 is 6.36 Å². The minimum atomic E-state index is -4.67. The van der Waals surface area contributed by atoms with Gasteiger partial charge in [-0.15, -0.1) is 13.2 Å². The third-order valence-electron chi connectivity index (χ3n) is 2.08. The molecule has 0 aliphatic carbocycles. The largest absolute Gasteiger partial charge is 0.573 e. The van der Waals surface area contributed by atoms with Crippen molar-refractivity contribution < 1.29 is 17.9 Å². The molecule has 1 atom stereocenters. The molecule has 90 valence electrons. The fourth-order valence-corrected chi connectivity index (χ4v) is 1.35. The smallest absolute Gasteiger partial charge is 0.406 e. The fraction of sp³-hybridized carbons (Fsp3) is 0.400. The predicted octanol–water partition coefficient (Wildman–Crippen LogP) is 1.80. The lowest BCUT2D eigenvalue weighted by molar-refractivity contribution is -0.274. The Morgan fingerprint density at radius 2 is 2.12 bits per heavy atom. The molecule has 0 heterocycles. The van der Waals surface area contributed by atoms with Crippen molar-refractivity contribution in [1.82, 2.24) is 5.32 Å². The van der Waals surface area contributed by atoms with Crippen molar-refractivity contribution in [2.24, 2.45) is 5.73 Å². The first-order valence-corrected chi connectivity index (χ1v) is 4.69. The molecular weight excluding hydrogens is 221 g/mol. The Bertz CT molecular complexity index is 337. The van der Waals surface area contributed by atoms with Crippen LogP contribution in [0.15, 0.2) is 24.3 Å². The first-order valence-electron chi connectivity index (χ1n) is 4.69. The second kappa shape index (κ2) is 5.18. The monoisotopic (exact) mass is 234 g/mol. The topological polar surface area (TPSA) is 47.3 Å². The number of hydrogen-bond donors (Lipinski definition) is 2. The third kappa shape index (κ3) is 3.71. The number of nitrogens with one attached hydrogen (secondary N) is 1. The molecule has 0 aromatic heterocycles. The highest BCUT2D eigenvalue weighted by molar-refractivity contribution is 5.30. The maximum absolute atomic E-state index is 12.0. The van der Waals surface area contributed by atoms with Crippen LogP contribution in [0.1, 0.15) is 11.6 Å². The third-order valence-corrected chi connectivity index (χ3v) is 2.08. The molecule has 0 spiro atoms. The average molecular weight is 234 g/mol. The predicted molar refractivity (Wildman–Crippen MR) is 54.0 cm³/mol. The van der Waals surface area contributed by atoms with Gasteiger partial charge in [-0.2, -0.15) is 0 Å². The van der Waals surface area contributed by atoms with Crippen LogP contribution in [0.5, 0.6) is 5.75 Å². The van der Waals surface area contributed by atoms with Crippen molar-refractivity contribution in [3.63, 3.8) is 0 Å². The van der Waals surface area contributed by atoms with E-state index in [1.54, 1.807) is 13.1 Å². The van der Waals surface area contributed by atoms with E-state index in [9.17, 15) is 13.2 Å². The Labute approximate surface area is 91.4 Å². The minimum absolute atomic E-state index is 0.184. The molecule has 0 saturated heterocycles. The van der Waals surface area contributed by atoms with Crippen LogP contribution >= 0.6 is 0 Å². The zero-order chi connectivity index (χ0) is 12.2. The number of rotatable bonds is 4. The van der Waals surface area contributed by atoms with E-state index in [1.165, 1.54) is 18.2 Å². The lowest BCUT2D eigenvalue weighted by atomic mass is 10.1. The van der Waals surface area contributed by atoms with Gasteiger partial charge in [0.25, 0.3) is 0 Å². The molecule has 3 N–H and O–H groups in total. The maximum Gasteiger partial charge on any atom is 0.573 e. The number of ether oxygens (including phenoxy) is 1. The van der Waals surface area contributed by atoms with Crippen molar-refractivity contribution in [2.75, 3.05) is 13.6 Å². The Morgan fingerprint density at radius 3 is 2.62 bits per heavy atom. The van der Waals surface area contributed by atoms with Crippen LogP contribution in [0.2, 0.25) is 0 Å². The quantitative estimate of drug-likeness (QED) is 0.835. The summed E-state index contributed by atoms with van der Waals surface area (Å²) in [7, 11) is 1.69. The Balaban J connectivity index is 2.86. The van der Waals surface area contributed by atoms with E-state index < -0.39 is 6.36 Å². The molecule has 1 unspecified atom stereocenters. The van der Waals surface area contributed by atoms with E-state index in [4.69, 9.17) is 5.73 Å². The summed E-state index contributed by atoms with van der Waals surface area (Å²) in [5, 5.41) is 2.90. The molecular formula is C10H13F3N2O. The van der Waals surface area contributed by atoms with Gasteiger partial charge in [0.1, 0.15) is 5.75 Å². The zero-order valence-electron chi connectivity index (χ0n) is 8.71. The van der Waals surface area contributed by atoms with E-state index >= 15 is 0 Å². The van der Waals surface area contributed by atoms with Crippen LogP contribution in [0.25, 0.3) is 0 Å². The Morgan fingerprint density at radius 1 is 1.44 bits per heavy atom. The van der Waals surface area contributed by atoms with E-state index in [0.29, 0.717) is 12.1 Å². The number of alkyl halides is 3. The molecule has 0 radical (unpaired) electrons. The number of nitrogens with two attached hydrogens (primary N) is 1. The van der Waals surface area contributed by atoms with Crippen LogP contribution < -0.4 is 15.8 Å². The first kappa shape index (κ1) is 12.8. The van der Waals surface area contributed by atoms with Gasteiger partial charge in [0, 0.05) is 12.6 Å². The Kier molecular flexibility index (Phi) is 4.14. The molecule has 6 heteroatoms. The van der Waals surface area contributed by atoms with Gasteiger partial charge in [0.15, 0.2) is 0 Å². The minimum Gasteiger partial charge on any atom is -0.406 e. The van der Waals surface area contributed by atoms with Gasteiger partial charge in [-0.05, 0) is 24.7 Å². The van der Waals surface area contributed by atoms with E-state index in [1.807, 2.05) is 0 Å². The van der Waals surface area contributed by atoms with E-state index in [-0.39, 0.29) is 11.8 Å². The molecule has 0 bridgehead atoms. The molecule has 16 heavy (non-hydrogen) atoms. The summed E-state index contributed by atoms with van der Waals surface area (Å²) < 4.78 is 39.7. The number of hydrogen-bond acceptors (Lipinski definition) is 3. The van der Waals surface area contributed by atoms with Crippen LogP contribution in [0, 0.1) is 0 Å². The number of likely N-dealkylation sites (N-methyl/N-ethyl adjacent to an activating group) is 1. The SMILES string of the molecule is CNC(CN)c1cccc(OC(F)(F)F)c1. The lowest BCUT2D eigenvalue weighted by Crippen LogP contribution is -2.25. The number of benzene rings is 1. The van der Waals surface area contributed by atoms with Crippen molar-refractivity contribution >= 4 is 0 Å². The summed E-state index contributed by atoms with van der Waals surface area (Å²) in [6.45, 7) is 0.298. The summed E-state index contributed by atoms with van der Waals surface area (Å²) in [6, 6.07) is 5.58. The van der Waals surface area contributed by atoms with Gasteiger partial charge in [0.2, 0.25) is 0 Å². The van der Waals surface area contributed by atoms with E-state index in [2.05, 4.69) is 10.1 Å². The maximum atomic E-state index is 12.0. The normalized spacial score (nSPS) is 13.6. The Hall–Kier alpha value is -1.27. The molecule has 1 aromatic rings. The zero-order valence-corrected chi connectivity index (χ0v) is 8.71. The molecule has 0 fully saturated rings. The lowest BCUT2D eigenvalue weighted by Gasteiger charge is -2.15. The van der Waals surface area contributed by atoms with E-state index in [0.717, 1.165) is 0 Å². The molecule has 0 amide bonds. The second-order valence-corrected chi connectivity index (χ2v) is 3.20. The van der Waals surface area contributed by atoms with Gasteiger partial charge in [-0.3, -0.25) is 0 Å². The van der Waals surface area contributed by atoms with Gasteiger partial charge in [-0.1, -0.05) is 12.1 Å². The molecule has 0 aliphatic rings. The van der Waals surface area contributed by atoms with Crippen molar-refractivity contribution in [2.45, 2.75) is 12.4 Å². The van der Waals surface area contributed by atoms with Gasteiger partial charge < -0.3 is 15.8 Å². The summed E-state index contributed by atoms with van der Waals surface area (Å²) in [6.07, 6.45) is -4.67. The van der Waals surface area contributed by atoms with Crippen LogP contribution in [0.3, 0.4) is 0 Å². The highest BCUT2D eigenvalue weighted by atomic mass is 19.4. The number of halogens is 3. The van der Waals surface area contributed by atoms with Gasteiger partial charge in [-0.25, -0.2) is 0 Å².